The molecule has 0 aromatic heterocycles. The van der Waals surface area contributed by atoms with E-state index >= 15 is 0 Å². The van der Waals surface area contributed by atoms with Crippen LogP contribution in [0.25, 0.3) is 0 Å². The summed E-state index contributed by atoms with van der Waals surface area (Å²) in [5.41, 5.74) is 1.29. The van der Waals surface area contributed by atoms with Crippen LogP contribution in [0.2, 0.25) is 0 Å². The van der Waals surface area contributed by atoms with Gasteiger partial charge in [-0.15, -0.1) is 0 Å². The molecule has 2 atom stereocenters. The van der Waals surface area contributed by atoms with Crippen molar-refractivity contribution in [3.8, 4) is 0 Å². The van der Waals surface area contributed by atoms with Crippen LogP contribution in [0.4, 0.5) is 0 Å². The molecule has 0 saturated carbocycles. The zero-order chi connectivity index (χ0) is 20.0. The number of nitrogens with one attached hydrogen (secondary N) is 1. The van der Waals surface area contributed by atoms with Gasteiger partial charge >= 0.3 is 5.97 Å². The summed E-state index contributed by atoms with van der Waals surface area (Å²) in [7, 11) is 0. The Balaban J connectivity index is 1.56. The lowest BCUT2D eigenvalue weighted by Gasteiger charge is -2.29. The van der Waals surface area contributed by atoms with E-state index in [4.69, 9.17) is 0 Å². The SMILES string of the molecule is O=C1CCC(N2Cc3ccc(C(=O)N4CCC[C@@H]4C(=O)O)cc3C2=O)C(=O)N1. The monoisotopic (exact) mass is 385 g/mol. The molecule has 4 rings (SSSR count). The van der Waals surface area contributed by atoms with Gasteiger partial charge in [-0.1, -0.05) is 6.07 Å². The summed E-state index contributed by atoms with van der Waals surface area (Å²) in [6.07, 6.45) is 1.47. The van der Waals surface area contributed by atoms with E-state index in [2.05, 4.69) is 5.32 Å². The summed E-state index contributed by atoms with van der Waals surface area (Å²) >= 11 is 0. The summed E-state index contributed by atoms with van der Waals surface area (Å²) < 4.78 is 0. The first-order chi connectivity index (χ1) is 13.4. The van der Waals surface area contributed by atoms with E-state index in [0.29, 0.717) is 30.5 Å². The second-order valence-electron chi connectivity index (χ2n) is 7.27. The van der Waals surface area contributed by atoms with Gasteiger partial charge in [-0.05, 0) is 37.0 Å². The van der Waals surface area contributed by atoms with E-state index in [-0.39, 0.29) is 36.8 Å². The number of carbonyl (C=O) groups excluding carboxylic acids is 4. The molecule has 1 aromatic rings. The van der Waals surface area contributed by atoms with Gasteiger partial charge in [0.05, 0.1) is 0 Å². The minimum Gasteiger partial charge on any atom is -0.480 e. The Bertz CT molecular complexity index is 911. The molecular weight excluding hydrogens is 366 g/mol. The Kier molecular flexibility index (Phi) is 4.37. The summed E-state index contributed by atoms with van der Waals surface area (Å²) in [6, 6.07) is 3.16. The van der Waals surface area contributed by atoms with E-state index in [9.17, 15) is 29.1 Å². The summed E-state index contributed by atoms with van der Waals surface area (Å²) in [5, 5.41) is 11.5. The van der Waals surface area contributed by atoms with Crippen molar-refractivity contribution < 1.29 is 29.1 Å². The maximum atomic E-state index is 12.8. The van der Waals surface area contributed by atoms with Crippen LogP contribution in [0.15, 0.2) is 18.2 Å². The van der Waals surface area contributed by atoms with Crippen LogP contribution in [-0.2, 0) is 20.9 Å². The molecule has 1 aromatic carbocycles. The lowest BCUT2D eigenvalue weighted by Crippen LogP contribution is -2.52. The van der Waals surface area contributed by atoms with Crippen LogP contribution in [0, 0.1) is 0 Å². The molecule has 9 heteroatoms. The average molecular weight is 385 g/mol. The predicted molar refractivity (Wildman–Crippen MR) is 94.2 cm³/mol. The van der Waals surface area contributed by atoms with Gasteiger partial charge in [-0.3, -0.25) is 24.5 Å². The Morgan fingerprint density at radius 1 is 1.14 bits per heavy atom. The molecular formula is C19H19N3O6. The maximum Gasteiger partial charge on any atom is 0.326 e. The first kappa shape index (κ1) is 18.1. The number of piperidine rings is 1. The molecule has 2 fully saturated rings. The number of hydrogen-bond acceptors (Lipinski definition) is 5. The highest BCUT2D eigenvalue weighted by atomic mass is 16.4. The van der Waals surface area contributed by atoms with Gasteiger partial charge in [0.1, 0.15) is 12.1 Å². The van der Waals surface area contributed by atoms with Crippen molar-refractivity contribution in [1.82, 2.24) is 15.1 Å². The second-order valence-corrected chi connectivity index (χ2v) is 7.27. The zero-order valence-electron chi connectivity index (χ0n) is 15.0. The van der Waals surface area contributed by atoms with Crippen LogP contribution in [0.5, 0.6) is 0 Å². The Labute approximate surface area is 160 Å². The third kappa shape index (κ3) is 2.92. The lowest BCUT2D eigenvalue weighted by molar-refractivity contribution is -0.141. The normalized spacial score (nSPS) is 24.4. The summed E-state index contributed by atoms with van der Waals surface area (Å²) in [4.78, 5) is 63.1. The number of carboxylic acid groups (broad SMARTS) is 1. The van der Waals surface area contributed by atoms with E-state index < -0.39 is 29.9 Å². The van der Waals surface area contributed by atoms with Gasteiger partial charge in [0, 0.05) is 30.6 Å². The maximum absolute atomic E-state index is 12.8. The predicted octanol–water partition coefficient (Wildman–Crippen LogP) is 0.137. The highest BCUT2D eigenvalue weighted by molar-refractivity contribution is 6.07. The summed E-state index contributed by atoms with van der Waals surface area (Å²) in [6.45, 7) is 0.597. The quantitative estimate of drug-likeness (QED) is 0.713. The smallest absolute Gasteiger partial charge is 0.326 e. The number of likely N-dealkylation sites (tertiary alicyclic amines) is 1. The Morgan fingerprint density at radius 3 is 2.64 bits per heavy atom. The number of rotatable bonds is 3. The standard InChI is InChI=1S/C19H19N3O6/c23-15-6-5-13(16(24)20-15)22-9-11-4-3-10(8-12(11)18(22)26)17(25)21-7-1-2-14(21)19(27)28/h3-4,8,13-14H,1-2,5-7,9H2,(H,27,28)(H,20,23,24)/t13?,14-/m1/s1. The molecule has 1 unspecified atom stereocenters. The number of imide groups is 1. The van der Waals surface area contributed by atoms with Crippen LogP contribution < -0.4 is 5.32 Å². The minimum atomic E-state index is -1.04. The van der Waals surface area contributed by atoms with Gasteiger partial charge in [-0.2, -0.15) is 0 Å². The van der Waals surface area contributed by atoms with Crippen molar-refractivity contribution in [3.05, 3.63) is 34.9 Å². The molecule has 0 bridgehead atoms. The van der Waals surface area contributed by atoms with Gasteiger partial charge in [0.25, 0.3) is 11.8 Å². The van der Waals surface area contributed by atoms with Gasteiger partial charge in [0.15, 0.2) is 0 Å². The number of hydrogen-bond donors (Lipinski definition) is 2. The molecule has 0 spiro atoms. The van der Waals surface area contributed by atoms with Crippen LogP contribution in [-0.4, -0.2) is 63.1 Å². The molecule has 2 saturated heterocycles. The molecule has 2 N–H and O–H groups in total. The fourth-order valence-corrected chi connectivity index (χ4v) is 4.12. The Morgan fingerprint density at radius 2 is 1.93 bits per heavy atom. The van der Waals surface area contributed by atoms with Crippen molar-refractivity contribution in [1.29, 1.82) is 0 Å². The van der Waals surface area contributed by atoms with E-state index in [1.54, 1.807) is 12.1 Å². The number of fused-ring (bicyclic) bond motifs is 1. The molecule has 3 heterocycles. The van der Waals surface area contributed by atoms with Crippen molar-refractivity contribution in [3.63, 3.8) is 0 Å². The van der Waals surface area contributed by atoms with Crippen molar-refractivity contribution >= 4 is 29.6 Å². The van der Waals surface area contributed by atoms with Crippen molar-refractivity contribution in [2.24, 2.45) is 0 Å². The fraction of sp³-hybridized carbons (Fsp3) is 0.421. The number of carboxylic acids is 1. The van der Waals surface area contributed by atoms with E-state index in [1.807, 2.05) is 0 Å². The van der Waals surface area contributed by atoms with E-state index in [0.717, 1.165) is 0 Å². The van der Waals surface area contributed by atoms with Crippen LogP contribution in [0.3, 0.4) is 0 Å². The van der Waals surface area contributed by atoms with Crippen molar-refractivity contribution in [2.75, 3.05) is 6.54 Å². The number of carbonyl (C=O) groups is 5. The van der Waals surface area contributed by atoms with Gasteiger partial charge < -0.3 is 14.9 Å². The molecule has 3 aliphatic rings. The third-order valence-electron chi connectivity index (χ3n) is 5.57. The van der Waals surface area contributed by atoms with Gasteiger partial charge in [-0.25, -0.2) is 4.79 Å². The molecule has 146 valence electrons. The number of aliphatic carboxylic acids is 1. The fourth-order valence-electron chi connectivity index (χ4n) is 4.12. The highest BCUT2D eigenvalue weighted by Gasteiger charge is 2.40. The van der Waals surface area contributed by atoms with Crippen molar-refractivity contribution in [2.45, 2.75) is 44.3 Å². The first-order valence-electron chi connectivity index (χ1n) is 9.18. The molecule has 4 amide bonds. The van der Waals surface area contributed by atoms with Gasteiger partial charge in [0.2, 0.25) is 11.8 Å². The van der Waals surface area contributed by atoms with E-state index in [1.165, 1.54) is 15.9 Å². The third-order valence-corrected chi connectivity index (χ3v) is 5.57. The largest absolute Gasteiger partial charge is 0.480 e. The highest BCUT2D eigenvalue weighted by Crippen LogP contribution is 2.29. The molecule has 0 aliphatic carbocycles. The average Bonchev–Trinajstić information content (AvgIpc) is 3.27. The number of amides is 4. The molecule has 0 radical (unpaired) electrons. The summed E-state index contributed by atoms with van der Waals surface area (Å²) in [5.74, 6) is -2.66. The molecule has 28 heavy (non-hydrogen) atoms. The van der Waals surface area contributed by atoms with Crippen LogP contribution in [0.1, 0.15) is 52.0 Å². The Hall–Kier alpha value is -3.23. The molecule has 3 aliphatic heterocycles. The first-order valence-corrected chi connectivity index (χ1v) is 9.18. The topological polar surface area (TPSA) is 124 Å². The minimum absolute atomic E-state index is 0.172. The lowest BCUT2D eigenvalue weighted by atomic mass is 10.0. The zero-order valence-corrected chi connectivity index (χ0v) is 15.0. The number of benzene rings is 1. The second kappa shape index (κ2) is 6.74. The van der Waals surface area contributed by atoms with Crippen LogP contribution >= 0.6 is 0 Å². The number of nitrogens with zero attached hydrogens (tertiary/aromatic N) is 2. The molecule has 9 nitrogen and oxygen atoms in total.